The van der Waals surface area contributed by atoms with Gasteiger partial charge in [0, 0.05) is 17.8 Å². The van der Waals surface area contributed by atoms with Gasteiger partial charge >= 0.3 is 0 Å². The molecule has 0 aliphatic heterocycles. The minimum atomic E-state index is -0.195. The molecule has 5 nitrogen and oxygen atoms in total. The summed E-state index contributed by atoms with van der Waals surface area (Å²) >= 11 is 0. The second-order valence-corrected chi connectivity index (χ2v) is 8.49. The summed E-state index contributed by atoms with van der Waals surface area (Å²) in [5.74, 6) is 1.64. The van der Waals surface area contributed by atoms with Gasteiger partial charge < -0.3 is 10.1 Å². The number of carbonyl (C=O) groups is 1. The van der Waals surface area contributed by atoms with E-state index in [1.807, 2.05) is 59.4 Å². The van der Waals surface area contributed by atoms with E-state index in [2.05, 4.69) is 55.5 Å². The highest BCUT2D eigenvalue weighted by Crippen LogP contribution is 2.20. The molecule has 1 amide bonds. The number of aromatic nitrogens is 2. The van der Waals surface area contributed by atoms with Crippen LogP contribution < -0.4 is 10.1 Å². The van der Waals surface area contributed by atoms with Crippen molar-refractivity contribution in [2.45, 2.75) is 39.8 Å². The fourth-order valence-corrected chi connectivity index (χ4v) is 3.58. The van der Waals surface area contributed by atoms with E-state index < -0.39 is 0 Å². The number of nitrogens with one attached hydrogen (secondary N) is 1. The highest BCUT2D eigenvalue weighted by Gasteiger charge is 2.10. The Labute approximate surface area is 195 Å². The standard InChI is InChI=1S/C28H29N3O2/c1-20(2)23-11-13-26(14-12-23)33-19-22-8-6-10-24(17-22)28(32)29-27-15-16-31(30-27)18-25-9-5-4-7-21(25)3/h4-17,20H,18-19H2,1-3H3,(H,29,30,32). The van der Waals surface area contributed by atoms with Crippen LogP contribution in [0.15, 0.2) is 85.1 Å². The molecule has 1 heterocycles. The molecule has 1 aromatic heterocycles. The van der Waals surface area contributed by atoms with Crippen LogP contribution in [0.2, 0.25) is 0 Å². The van der Waals surface area contributed by atoms with Crippen LogP contribution in [-0.4, -0.2) is 15.7 Å². The number of amides is 1. The second kappa shape index (κ2) is 10.2. The average Bonchev–Trinajstić information content (AvgIpc) is 3.26. The first kappa shape index (κ1) is 22.3. The van der Waals surface area contributed by atoms with Gasteiger partial charge in [0.1, 0.15) is 12.4 Å². The van der Waals surface area contributed by atoms with Crippen molar-refractivity contribution in [1.82, 2.24) is 9.78 Å². The van der Waals surface area contributed by atoms with E-state index in [0.29, 0.717) is 30.5 Å². The molecule has 0 aliphatic carbocycles. The highest BCUT2D eigenvalue weighted by atomic mass is 16.5. The molecule has 33 heavy (non-hydrogen) atoms. The largest absolute Gasteiger partial charge is 0.489 e. The molecule has 0 saturated heterocycles. The maximum absolute atomic E-state index is 12.8. The Bertz CT molecular complexity index is 1230. The van der Waals surface area contributed by atoms with Crippen molar-refractivity contribution < 1.29 is 9.53 Å². The number of benzene rings is 3. The fraction of sp³-hybridized carbons (Fsp3) is 0.214. The zero-order valence-electron chi connectivity index (χ0n) is 19.3. The molecule has 0 aliphatic rings. The van der Waals surface area contributed by atoms with Crippen molar-refractivity contribution >= 4 is 11.7 Å². The number of anilines is 1. The van der Waals surface area contributed by atoms with E-state index in [9.17, 15) is 4.79 Å². The van der Waals surface area contributed by atoms with Crippen LogP contribution in [0.5, 0.6) is 5.75 Å². The quantitative estimate of drug-likeness (QED) is 0.356. The number of hydrogen-bond acceptors (Lipinski definition) is 3. The van der Waals surface area contributed by atoms with E-state index in [-0.39, 0.29) is 5.91 Å². The smallest absolute Gasteiger partial charge is 0.256 e. The molecule has 0 saturated carbocycles. The summed E-state index contributed by atoms with van der Waals surface area (Å²) in [4.78, 5) is 12.8. The van der Waals surface area contributed by atoms with Crippen LogP contribution in [0.1, 0.15) is 52.4 Å². The number of carbonyl (C=O) groups excluding carboxylic acids is 1. The van der Waals surface area contributed by atoms with Crippen LogP contribution in [-0.2, 0) is 13.2 Å². The lowest BCUT2D eigenvalue weighted by Crippen LogP contribution is -2.13. The summed E-state index contributed by atoms with van der Waals surface area (Å²) < 4.78 is 7.73. The molecular formula is C28H29N3O2. The molecule has 0 atom stereocenters. The Hall–Kier alpha value is -3.86. The number of ether oxygens (including phenoxy) is 1. The molecule has 0 radical (unpaired) electrons. The number of rotatable bonds is 8. The third-order valence-corrected chi connectivity index (χ3v) is 5.62. The van der Waals surface area contributed by atoms with Gasteiger partial charge in [-0.1, -0.05) is 62.4 Å². The molecule has 3 aromatic carbocycles. The summed E-state index contributed by atoms with van der Waals surface area (Å²) in [6.07, 6.45) is 1.87. The van der Waals surface area contributed by atoms with Gasteiger partial charge in [0.25, 0.3) is 5.91 Å². The zero-order chi connectivity index (χ0) is 23.2. The van der Waals surface area contributed by atoms with Gasteiger partial charge in [0.15, 0.2) is 5.82 Å². The molecule has 0 unspecified atom stereocenters. The summed E-state index contributed by atoms with van der Waals surface area (Å²) in [5.41, 5.74) is 5.20. The Kier molecular flexibility index (Phi) is 6.89. The monoisotopic (exact) mass is 439 g/mol. The first-order valence-electron chi connectivity index (χ1n) is 11.2. The van der Waals surface area contributed by atoms with Crippen molar-refractivity contribution in [2.24, 2.45) is 0 Å². The van der Waals surface area contributed by atoms with Gasteiger partial charge in [-0.25, -0.2) is 0 Å². The Morgan fingerprint density at radius 3 is 2.55 bits per heavy atom. The van der Waals surface area contributed by atoms with E-state index in [1.165, 1.54) is 16.7 Å². The maximum atomic E-state index is 12.8. The van der Waals surface area contributed by atoms with Gasteiger partial charge in [0.2, 0.25) is 0 Å². The molecule has 5 heteroatoms. The van der Waals surface area contributed by atoms with Gasteiger partial charge in [0.05, 0.1) is 6.54 Å². The molecular weight excluding hydrogens is 410 g/mol. The predicted octanol–water partition coefficient (Wildman–Crippen LogP) is 6.19. The van der Waals surface area contributed by atoms with Crippen molar-refractivity contribution in [1.29, 1.82) is 0 Å². The van der Waals surface area contributed by atoms with E-state index in [0.717, 1.165) is 11.3 Å². The molecule has 1 N–H and O–H groups in total. The third kappa shape index (κ3) is 5.89. The maximum Gasteiger partial charge on any atom is 0.256 e. The van der Waals surface area contributed by atoms with Crippen LogP contribution in [0, 0.1) is 6.92 Å². The average molecular weight is 440 g/mol. The number of hydrogen-bond donors (Lipinski definition) is 1. The van der Waals surface area contributed by atoms with Crippen LogP contribution in [0.4, 0.5) is 5.82 Å². The molecule has 4 rings (SSSR count). The molecule has 0 spiro atoms. The van der Waals surface area contributed by atoms with Crippen LogP contribution in [0.3, 0.4) is 0 Å². The first-order chi connectivity index (χ1) is 16.0. The third-order valence-electron chi connectivity index (χ3n) is 5.62. The molecule has 0 bridgehead atoms. The van der Waals surface area contributed by atoms with E-state index in [4.69, 9.17) is 4.74 Å². The topological polar surface area (TPSA) is 56.2 Å². The summed E-state index contributed by atoms with van der Waals surface area (Å²) in [6.45, 7) is 7.47. The lowest BCUT2D eigenvalue weighted by molar-refractivity contribution is 0.102. The van der Waals surface area contributed by atoms with Gasteiger partial charge in [-0.2, -0.15) is 5.10 Å². The zero-order valence-corrected chi connectivity index (χ0v) is 19.3. The minimum Gasteiger partial charge on any atom is -0.489 e. The van der Waals surface area contributed by atoms with E-state index >= 15 is 0 Å². The van der Waals surface area contributed by atoms with Crippen molar-refractivity contribution in [2.75, 3.05) is 5.32 Å². The number of aryl methyl sites for hydroxylation is 1. The lowest BCUT2D eigenvalue weighted by Gasteiger charge is -2.10. The Balaban J connectivity index is 1.36. The van der Waals surface area contributed by atoms with E-state index in [1.54, 1.807) is 6.07 Å². The second-order valence-electron chi connectivity index (χ2n) is 8.49. The molecule has 4 aromatic rings. The SMILES string of the molecule is Cc1ccccc1Cn1ccc(NC(=O)c2cccc(COc3ccc(C(C)C)cc3)c2)n1. The van der Waals surface area contributed by atoms with Crippen LogP contribution >= 0.6 is 0 Å². The van der Waals surface area contributed by atoms with Crippen molar-refractivity contribution in [3.63, 3.8) is 0 Å². The Morgan fingerprint density at radius 1 is 1.00 bits per heavy atom. The number of nitrogens with zero attached hydrogens (tertiary/aromatic N) is 2. The Morgan fingerprint density at radius 2 is 1.79 bits per heavy atom. The highest BCUT2D eigenvalue weighted by molar-refractivity contribution is 6.03. The fourth-order valence-electron chi connectivity index (χ4n) is 3.58. The normalized spacial score (nSPS) is 10.9. The summed E-state index contributed by atoms with van der Waals surface area (Å²) in [7, 11) is 0. The minimum absolute atomic E-state index is 0.195. The first-order valence-corrected chi connectivity index (χ1v) is 11.2. The van der Waals surface area contributed by atoms with Crippen molar-refractivity contribution in [3.8, 4) is 5.75 Å². The predicted molar refractivity (Wildman–Crippen MR) is 132 cm³/mol. The lowest BCUT2D eigenvalue weighted by atomic mass is 10.0. The summed E-state index contributed by atoms with van der Waals surface area (Å²) in [6, 6.07) is 25.6. The molecule has 168 valence electrons. The van der Waals surface area contributed by atoms with Crippen molar-refractivity contribution in [3.05, 3.63) is 113 Å². The van der Waals surface area contributed by atoms with Gasteiger partial charge in [-0.15, -0.1) is 0 Å². The van der Waals surface area contributed by atoms with Gasteiger partial charge in [-0.05, 0) is 59.4 Å². The van der Waals surface area contributed by atoms with Crippen LogP contribution in [0.25, 0.3) is 0 Å². The summed E-state index contributed by atoms with van der Waals surface area (Å²) in [5, 5.41) is 7.38. The molecule has 0 fully saturated rings. The van der Waals surface area contributed by atoms with Gasteiger partial charge in [-0.3, -0.25) is 9.48 Å².